The molecule has 1 amide bonds. The molecule has 2 rings (SSSR count). The third-order valence-corrected chi connectivity index (χ3v) is 6.27. The number of aryl methyl sites for hydroxylation is 3. The molecule has 0 aliphatic carbocycles. The van der Waals surface area contributed by atoms with Gasteiger partial charge in [-0.15, -0.1) is 0 Å². The van der Waals surface area contributed by atoms with Crippen molar-refractivity contribution >= 4 is 21.6 Å². The van der Waals surface area contributed by atoms with E-state index in [1.165, 1.54) is 4.31 Å². The van der Waals surface area contributed by atoms with Crippen LogP contribution >= 0.6 is 0 Å². The lowest BCUT2D eigenvalue weighted by molar-refractivity contribution is -0.121. The summed E-state index contributed by atoms with van der Waals surface area (Å²) in [5, 5.41) is 2.87. The molecule has 0 aromatic heterocycles. The fourth-order valence-electron chi connectivity index (χ4n) is 3.32. The van der Waals surface area contributed by atoms with Crippen molar-refractivity contribution in [1.29, 1.82) is 0 Å². The summed E-state index contributed by atoms with van der Waals surface area (Å²) < 4.78 is 31.6. The molecule has 7 heteroatoms. The first kappa shape index (κ1) is 23.7. The van der Waals surface area contributed by atoms with Crippen molar-refractivity contribution in [3.05, 3.63) is 59.2 Å². The lowest BCUT2D eigenvalue weighted by Gasteiger charge is -2.28. The molecule has 0 spiro atoms. The molecular formula is C23H32N2O4S. The Balaban J connectivity index is 2.01. The number of ether oxygens (including phenoxy) is 1. The number of para-hydroxylation sites is 1. The van der Waals surface area contributed by atoms with E-state index >= 15 is 0 Å². The van der Waals surface area contributed by atoms with Gasteiger partial charge in [-0.2, -0.15) is 0 Å². The van der Waals surface area contributed by atoms with Crippen LogP contribution in [0.4, 0.5) is 5.69 Å². The van der Waals surface area contributed by atoms with Crippen LogP contribution in [-0.4, -0.2) is 39.8 Å². The zero-order valence-electron chi connectivity index (χ0n) is 18.4. The second-order valence-corrected chi connectivity index (χ2v) is 9.30. The highest BCUT2D eigenvalue weighted by atomic mass is 32.2. The molecule has 30 heavy (non-hydrogen) atoms. The number of carbonyl (C=O) groups is 1. The van der Waals surface area contributed by atoms with Gasteiger partial charge in [0.15, 0.2) is 0 Å². The maximum atomic E-state index is 12.7. The predicted molar refractivity (Wildman–Crippen MR) is 122 cm³/mol. The topological polar surface area (TPSA) is 75.7 Å². The van der Waals surface area contributed by atoms with Crippen molar-refractivity contribution in [3.8, 4) is 5.75 Å². The van der Waals surface area contributed by atoms with Crippen molar-refractivity contribution in [2.24, 2.45) is 0 Å². The molecule has 0 aliphatic heterocycles. The zero-order chi connectivity index (χ0) is 22.3. The molecule has 164 valence electrons. The SMILES string of the molecule is CCOc1ccccc1CCCNC(=O)[C@H](C)N(c1ccc(C)c(C)c1)S(C)(=O)=O. The van der Waals surface area contributed by atoms with E-state index in [-0.39, 0.29) is 5.91 Å². The fourth-order valence-corrected chi connectivity index (χ4v) is 4.48. The maximum absolute atomic E-state index is 12.7. The minimum absolute atomic E-state index is 0.322. The highest BCUT2D eigenvalue weighted by Crippen LogP contribution is 2.24. The minimum Gasteiger partial charge on any atom is -0.494 e. The van der Waals surface area contributed by atoms with Crippen LogP contribution in [0.3, 0.4) is 0 Å². The molecule has 0 aliphatic rings. The Kier molecular flexibility index (Phi) is 8.29. The molecule has 0 saturated heterocycles. The third-order valence-electron chi connectivity index (χ3n) is 5.03. The molecule has 2 aromatic carbocycles. The van der Waals surface area contributed by atoms with Crippen molar-refractivity contribution in [1.82, 2.24) is 5.32 Å². The van der Waals surface area contributed by atoms with Gasteiger partial charge in [-0.1, -0.05) is 24.3 Å². The second-order valence-electron chi connectivity index (χ2n) is 7.44. The Morgan fingerprint density at radius 1 is 1.13 bits per heavy atom. The molecule has 0 saturated carbocycles. The van der Waals surface area contributed by atoms with Crippen molar-refractivity contribution in [2.45, 2.75) is 46.6 Å². The number of carbonyl (C=O) groups excluding carboxylic acids is 1. The quantitative estimate of drug-likeness (QED) is 0.582. The number of hydrogen-bond donors (Lipinski definition) is 1. The predicted octanol–water partition coefficient (Wildman–Crippen LogP) is 3.61. The largest absolute Gasteiger partial charge is 0.494 e. The summed E-state index contributed by atoms with van der Waals surface area (Å²) in [5.41, 5.74) is 3.63. The van der Waals surface area contributed by atoms with E-state index in [0.29, 0.717) is 18.8 Å². The lowest BCUT2D eigenvalue weighted by atomic mass is 10.1. The number of sulfonamides is 1. The number of rotatable bonds is 10. The van der Waals surface area contributed by atoms with Crippen LogP contribution < -0.4 is 14.4 Å². The van der Waals surface area contributed by atoms with E-state index in [1.807, 2.05) is 51.1 Å². The maximum Gasteiger partial charge on any atom is 0.243 e. The zero-order valence-corrected chi connectivity index (χ0v) is 19.3. The lowest BCUT2D eigenvalue weighted by Crippen LogP contribution is -2.48. The highest BCUT2D eigenvalue weighted by molar-refractivity contribution is 7.92. The van der Waals surface area contributed by atoms with Gasteiger partial charge < -0.3 is 10.1 Å². The smallest absolute Gasteiger partial charge is 0.243 e. The first-order chi connectivity index (χ1) is 14.1. The molecule has 0 radical (unpaired) electrons. The molecule has 6 nitrogen and oxygen atoms in total. The Labute approximate surface area is 180 Å². The first-order valence-corrected chi connectivity index (χ1v) is 12.0. The van der Waals surface area contributed by atoms with Crippen molar-refractivity contribution < 1.29 is 17.9 Å². The summed E-state index contributed by atoms with van der Waals surface area (Å²) in [4.78, 5) is 12.7. The van der Waals surface area contributed by atoms with Crippen LogP contribution in [-0.2, 0) is 21.2 Å². The van der Waals surface area contributed by atoms with E-state index in [9.17, 15) is 13.2 Å². The molecule has 1 N–H and O–H groups in total. The van der Waals surface area contributed by atoms with E-state index in [2.05, 4.69) is 5.32 Å². The number of anilines is 1. The van der Waals surface area contributed by atoms with Gasteiger partial charge in [0, 0.05) is 6.54 Å². The highest BCUT2D eigenvalue weighted by Gasteiger charge is 2.29. The van der Waals surface area contributed by atoms with Crippen molar-refractivity contribution in [2.75, 3.05) is 23.7 Å². The van der Waals surface area contributed by atoms with Gasteiger partial charge in [-0.3, -0.25) is 9.10 Å². The number of nitrogens with one attached hydrogen (secondary N) is 1. The normalized spacial score (nSPS) is 12.3. The average molecular weight is 433 g/mol. The molecule has 0 bridgehead atoms. The molecule has 2 aromatic rings. The summed E-state index contributed by atoms with van der Waals surface area (Å²) in [6.07, 6.45) is 2.61. The Morgan fingerprint density at radius 3 is 2.47 bits per heavy atom. The molecular weight excluding hydrogens is 400 g/mol. The number of benzene rings is 2. The number of hydrogen-bond acceptors (Lipinski definition) is 4. The summed E-state index contributed by atoms with van der Waals surface area (Å²) in [7, 11) is -3.62. The minimum atomic E-state index is -3.62. The summed E-state index contributed by atoms with van der Waals surface area (Å²) in [6, 6.07) is 12.4. The van der Waals surface area contributed by atoms with Gasteiger partial charge >= 0.3 is 0 Å². The summed E-state index contributed by atoms with van der Waals surface area (Å²) >= 11 is 0. The summed E-state index contributed by atoms with van der Waals surface area (Å²) in [6.45, 7) is 8.49. The number of amides is 1. The van der Waals surface area contributed by atoms with E-state index < -0.39 is 16.1 Å². The van der Waals surface area contributed by atoms with Gasteiger partial charge in [-0.25, -0.2) is 8.42 Å². The van der Waals surface area contributed by atoms with Crippen LogP contribution in [0.15, 0.2) is 42.5 Å². The third kappa shape index (κ3) is 6.23. The molecule has 0 unspecified atom stereocenters. The molecule has 0 fully saturated rings. The Bertz CT molecular complexity index is 973. The van der Waals surface area contributed by atoms with Crippen LogP contribution in [0.25, 0.3) is 0 Å². The number of nitrogens with zero attached hydrogens (tertiary/aromatic N) is 1. The first-order valence-electron chi connectivity index (χ1n) is 10.2. The summed E-state index contributed by atoms with van der Waals surface area (Å²) in [5.74, 6) is 0.537. The van der Waals surface area contributed by atoms with E-state index in [0.717, 1.165) is 41.5 Å². The van der Waals surface area contributed by atoms with Crippen molar-refractivity contribution in [3.63, 3.8) is 0 Å². The van der Waals surface area contributed by atoms with E-state index in [1.54, 1.807) is 19.1 Å². The van der Waals surface area contributed by atoms with Crippen LogP contribution in [0.1, 0.15) is 37.0 Å². The second kappa shape index (κ2) is 10.5. The van der Waals surface area contributed by atoms with Crippen LogP contribution in [0.5, 0.6) is 5.75 Å². The van der Waals surface area contributed by atoms with Gasteiger partial charge in [0.25, 0.3) is 0 Å². The van der Waals surface area contributed by atoms with Crippen LogP contribution in [0.2, 0.25) is 0 Å². The van der Waals surface area contributed by atoms with Gasteiger partial charge in [-0.05, 0) is 75.4 Å². The molecule has 0 heterocycles. The Morgan fingerprint density at radius 2 is 1.83 bits per heavy atom. The van der Waals surface area contributed by atoms with Gasteiger partial charge in [0.2, 0.25) is 15.9 Å². The van der Waals surface area contributed by atoms with Crippen LogP contribution in [0, 0.1) is 13.8 Å². The fraction of sp³-hybridized carbons (Fsp3) is 0.435. The Hall–Kier alpha value is -2.54. The van der Waals surface area contributed by atoms with Gasteiger partial charge in [0.1, 0.15) is 11.8 Å². The standard InChI is InChI=1S/C23H32N2O4S/c1-6-29-22-12-8-7-10-20(22)11-9-15-24-23(26)19(4)25(30(5,27)28)21-14-13-17(2)18(3)16-21/h7-8,10,12-14,16,19H,6,9,11,15H2,1-5H3,(H,24,26)/t19-/m0/s1. The molecule has 1 atom stereocenters. The van der Waals surface area contributed by atoms with E-state index in [4.69, 9.17) is 4.74 Å². The average Bonchev–Trinajstić information content (AvgIpc) is 2.68. The monoisotopic (exact) mass is 432 g/mol. The van der Waals surface area contributed by atoms with Gasteiger partial charge in [0.05, 0.1) is 18.6 Å².